The summed E-state index contributed by atoms with van der Waals surface area (Å²) in [5, 5.41) is 3.62. The highest BCUT2D eigenvalue weighted by Gasteiger charge is 2.08. The lowest BCUT2D eigenvalue weighted by molar-refractivity contribution is 0.519. The monoisotopic (exact) mass is 299 g/mol. The fraction of sp³-hybridized carbons (Fsp3) is 0.368. The highest BCUT2D eigenvalue weighted by molar-refractivity contribution is 7.99. The average Bonchev–Trinajstić information content (AvgIpc) is 2.54. The van der Waals surface area contributed by atoms with Gasteiger partial charge in [0.25, 0.3) is 0 Å². The van der Waals surface area contributed by atoms with E-state index < -0.39 is 0 Å². The van der Waals surface area contributed by atoms with E-state index in [1.54, 1.807) is 0 Å². The summed E-state index contributed by atoms with van der Waals surface area (Å²) in [5.41, 5.74) is 1.45. The molecule has 1 N–H and O–H groups in total. The molecular formula is C19H25NS. The number of nitrogens with one attached hydrogen (secondary N) is 1. The molecule has 1 unspecified atom stereocenters. The largest absolute Gasteiger partial charge is 0.313 e. The van der Waals surface area contributed by atoms with Crippen LogP contribution in [-0.4, -0.2) is 18.3 Å². The number of benzene rings is 2. The van der Waals surface area contributed by atoms with Crippen molar-refractivity contribution in [2.45, 2.75) is 37.1 Å². The molecule has 0 radical (unpaired) electrons. The summed E-state index contributed by atoms with van der Waals surface area (Å²) in [6, 6.07) is 22.1. The lowest BCUT2D eigenvalue weighted by atomic mass is 10.1. The van der Waals surface area contributed by atoms with Gasteiger partial charge in [0.15, 0.2) is 0 Å². The number of rotatable bonds is 9. The van der Waals surface area contributed by atoms with E-state index in [1.807, 2.05) is 11.8 Å². The third-order valence-corrected chi connectivity index (χ3v) is 4.72. The minimum Gasteiger partial charge on any atom is -0.313 e. The zero-order valence-electron chi connectivity index (χ0n) is 12.8. The molecule has 0 bridgehead atoms. The Bertz CT molecular complexity index is 483. The first kappa shape index (κ1) is 16.1. The molecule has 0 saturated carbocycles. The molecule has 1 nitrogen and oxygen atoms in total. The summed E-state index contributed by atoms with van der Waals surface area (Å²) >= 11 is 1.95. The number of aryl methyl sites for hydroxylation is 1. The Balaban J connectivity index is 1.73. The normalized spacial score (nSPS) is 12.2. The van der Waals surface area contributed by atoms with Gasteiger partial charge in [0, 0.05) is 16.7 Å². The van der Waals surface area contributed by atoms with Gasteiger partial charge in [-0.3, -0.25) is 0 Å². The molecule has 21 heavy (non-hydrogen) atoms. The number of hydrogen-bond donors (Lipinski definition) is 1. The maximum atomic E-state index is 3.62. The molecule has 0 spiro atoms. The van der Waals surface area contributed by atoms with Gasteiger partial charge in [-0.25, -0.2) is 0 Å². The third kappa shape index (κ3) is 6.36. The predicted molar refractivity (Wildman–Crippen MR) is 94.0 cm³/mol. The fourth-order valence-electron chi connectivity index (χ4n) is 2.44. The Kier molecular flexibility index (Phi) is 7.41. The molecule has 0 amide bonds. The summed E-state index contributed by atoms with van der Waals surface area (Å²) in [6.45, 7) is 3.24. The molecule has 0 aromatic heterocycles. The molecule has 0 aliphatic rings. The highest BCUT2D eigenvalue weighted by atomic mass is 32.2. The van der Waals surface area contributed by atoms with Crippen LogP contribution in [-0.2, 0) is 6.42 Å². The van der Waals surface area contributed by atoms with Gasteiger partial charge >= 0.3 is 0 Å². The second-order valence-electron chi connectivity index (χ2n) is 5.26. The van der Waals surface area contributed by atoms with E-state index in [-0.39, 0.29) is 0 Å². The minimum atomic E-state index is 0.601. The molecule has 2 rings (SSSR count). The van der Waals surface area contributed by atoms with Crippen molar-refractivity contribution in [3.8, 4) is 0 Å². The SMILES string of the molecule is CCNC(CCCc1ccccc1)CSc1ccccc1. The second kappa shape index (κ2) is 9.64. The molecule has 112 valence electrons. The maximum Gasteiger partial charge on any atom is 0.0161 e. The lowest BCUT2D eigenvalue weighted by Crippen LogP contribution is -2.31. The molecule has 0 saturated heterocycles. The quantitative estimate of drug-likeness (QED) is 0.669. The van der Waals surface area contributed by atoms with Gasteiger partial charge in [0.05, 0.1) is 0 Å². The van der Waals surface area contributed by atoms with Crippen LogP contribution in [0.25, 0.3) is 0 Å². The summed E-state index contributed by atoms with van der Waals surface area (Å²) < 4.78 is 0. The van der Waals surface area contributed by atoms with Gasteiger partial charge in [-0.05, 0) is 43.5 Å². The summed E-state index contributed by atoms with van der Waals surface area (Å²) in [4.78, 5) is 1.36. The molecule has 0 aliphatic carbocycles. The first-order valence-electron chi connectivity index (χ1n) is 7.83. The van der Waals surface area contributed by atoms with Gasteiger partial charge in [-0.1, -0.05) is 55.5 Å². The van der Waals surface area contributed by atoms with E-state index in [4.69, 9.17) is 0 Å². The van der Waals surface area contributed by atoms with Crippen LogP contribution in [0.1, 0.15) is 25.3 Å². The molecule has 2 heteroatoms. The van der Waals surface area contributed by atoms with Gasteiger partial charge in [-0.2, -0.15) is 0 Å². The van der Waals surface area contributed by atoms with Crippen molar-refractivity contribution in [1.82, 2.24) is 5.32 Å². The van der Waals surface area contributed by atoms with E-state index in [0.717, 1.165) is 12.3 Å². The molecular weight excluding hydrogens is 274 g/mol. The molecule has 0 fully saturated rings. The molecule has 0 heterocycles. The van der Waals surface area contributed by atoms with Gasteiger partial charge in [0.2, 0.25) is 0 Å². The smallest absolute Gasteiger partial charge is 0.0161 e. The van der Waals surface area contributed by atoms with Crippen LogP contribution in [0.5, 0.6) is 0 Å². The standard InChI is InChI=1S/C19H25NS/c1-2-20-18(16-21-19-14-7-4-8-15-19)13-9-12-17-10-5-3-6-11-17/h3-8,10-11,14-15,18,20H,2,9,12-13,16H2,1H3. The number of thioether (sulfide) groups is 1. The maximum absolute atomic E-state index is 3.62. The van der Waals surface area contributed by atoms with Crippen LogP contribution >= 0.6 is 11.8 Å². The topological polar surface area (TPSA) is 12.0 Å². The third-order valence-electron chi connectivity index (χ3n) is 3.55. The van der Waals surface area contributed by atoms with Crippen molar-refractivity contribution in [3.63, 3.8) is 0 Å². The Hall–Kier alpha value is -1.25. The van der Waals surface area contributed by atoms with Crippen LogP contribution < -0.4 is 5.32 Å². The van der Waals surface area contributed by atoms with E-state index in [2.05, 4.69) is 72.9 Å². The van der Waals surface area contributed by atoms with E-state index >= 15 is 0 Å². The molecule has 2 aromatic rings. The van der Waals surface area contributed by atoms with E-state index in [1.165, 1.54) is 29.7 Å². The fourth-order valence-corrected chi connectivity index (χ4v) is 3.47. The first-order chi connectivity index (χ1) is 10.4. The summed E-state index contributed by atoms with van der Waals surface area (Å²) in [6.07, 6.45) is 3.67. The van der Waals surface area contributed by atoms with E-state index in [0.29, 0.717) is 6.04 Å². The zero-order valence-corrected chi connectivity index (χ0v) is 13.6. The summed E-state index contributed by atoms with van der Waals surface area (Å²) in [7, 11) is 0. The van der Waals surface area contributed by atoms with Crippen molar-refractivity contribution < 1.29 is 0 Å². The summed E-state index contributed by atoms with van der Waals surface area (Å²) in [5.74, 6) is 1.15. The van der Waals surface area contributed by atoms with Crippen LogP contribution in [0.3, 0.4) is 0 Å². The molecule has 1 atom stereocenters. The van der Waals surface area contributed by atoms with Crippen LogP contribution in [0.15, 0.2) is 65.6 Å². The van der Waals surface area contributed by atoms with Gasteiger partial charge in [-0.15, -0.1) is 11.8 Å². The van der Waals surface area contributed by atoms with Crippen molar-refractivity contribution in [2.75, 3.05) is 12.3 Å². The molecule has 2 aromatic carbocycles. The Labute approximate surface area is 133 Å². The Morgan fingerprint density at radius 1 is 0.952 bits per heavy atom. The Morgan fingerprint density at radius 2 is 1.62 bits per heavy atom. The first-order valence-corrected chi connectivity index (χ1v) is 8.82. The lowest BCUT2D eigenvalue weighted by Gasteiger charge is -2.17. The van der Waals surface area contributed by atoms with Crippen LogP contribution in [0, 0.1) is 0 Å². The van der Waals surface area contributed by atoms with Gasteiger partial charge < -0.3 is 5.32 Å². The van der Waals surface area contributed by atoms with Gasteiger partial charge in [0.1, 0.15) is 0 Å². The predicted octanol–water partition coefficient (Wildman–Crippen LogP) is 4.78. The highest BCUT2D eigenvalue weighted by Crippen LogP contribution is 2.19. The Morgan fingerprint density at radius 3 is 2.29 bits per heavy atom. The van der Waals surface area contributed by atoms with Crippen LogP contribution in [0.2, 0.25) is 0 Å². The van der Waals surface area contributed by atoms with Crippen molar-refractivity contribution in [2.24, 2.45) is 0 Å². The molecule has 0 aliphatic heterocycles. The second-order valence-corrected chi connectivity index (χ2v) is 6.35. The zero-order chi connectivity index (χ0) is 14.8. The van der Waals surface area contributed by atoms with E-state index in [9.17, 15) is 0 Å². The van der Waals surface area contributed by atoms with Crippen molar-refractivity contribution in [3.05, 3.63) is 66.2 Å². The number of hydrogen-bond acceptors (Lipinski definition) is 2. The van der Waals surface area contributed by atoms with Crippen LogP contribution in [0.4, 0.5) is 0 Å². The van der Waals surface area contributed by atoms with Crippen molar-refractivity contribution in [1.29, 1.82) is 0 Å². The average molecular weight is 299 g/mol. The van der Waals surface area contributed by atoms with Crippen molar-refractivity contribution >= 4 is 11.8 Å². The minimum absolute atomic E-state index is 0.601.